The number of hydrogen-bond acceptors (Lipinski definition) is 1. The van der Waals surface area contributed by atoms with Gasteiger partial charge < -0.3 is 28.9 Å². The minimum atomic E-state index is 0. The fourth-order valence-corrected chi connectivity index (χ4v) is 1.66. The molecule has 1 unspecified atom stereocenters. The maximum atomic E-state index is 2.44. The van der Waals surface area contributed by atoms with E-state index in [-0.39, 0.29) is 24.0 Å². The van der Waals surface area contributed by atoms with Crippen molar-refractivity contribution < 1.29 is 28.9 Å². The van der Waals surface area contributed by atoms with Crippen LogP contribution >= 0.6 is 0 Å². The summed E-state index contributed by atoms with van der Waals surface area (Å²) in [6.07, 6.45) is 9.86. The zero-order valence-corrected chi connectivity index (χ0v) is 11.6. The Morgan fingerprint density at radius 3 is 2.57 bits per heavy atom. The number of nitrogens with zero attached hydrogens (tertiary/aromatic N) is 1. The van der Waals surface area contributed by atoms with Gasteiger partial charge in [0, 0.05) is 6.54 Å². The third-order valence-corrected chi connectivity index (χ3v) is 2.58. The lowest BCUT2D eigenvalue weighted by molar-refractivity contribution is -0.849. The summed E-state index contributed by atoms with van der Waals surface area (Å²) in [5.41, 5.74) is 0. The molecule has 0 radical (unpaired) electrons. The van der Waals surface area contributed by atoms with E-state index in [1.165, 1.54) is 45.4 Å². The molecule has 0 amide bonds. The van der Waals surface area contributed by atoms with Gasteiger partial charge in [-0.2, -0.15) is 0 Å². The molecule has 1 aliphatic heterocycles. The summed E-state index contributed by atoms with van der Waals surface area (Å²) >= 11 is 0. The van der Waals surface area contributed by atoms with E-state index in [0.29, 0.717) is 0 Å². The van der Waals surface area contributed by atoms with E-state index in [9.17, 15) is 0 Å². The van der Waals surface area contributed by atoms with Crippen LogP contribution in [0.1, 0.15) is 39.5 Å². The Morgan fingerprint density at radius 1 is 1.21 bits per heavy atom. The summed E-state index contributed by atoms with van der Waals surface area (Å²) in [6.45, 7) is 8.24. The minimum Gasteiger partial charge on any atom is -1.00 e. The molecule has 1 atom stereocenters. The monoisotopic (exact) mass is 310 g/mol. The number of hydrogen-bond donors (Lipinski definition) is 1. The first kappa shape index (κ1) is 14.2. The summed E-state index contributed by atoms with van der Waals surface area (Å²) in [4.78, 5) is 4.06. The van der Waals surface area contributed by atoms with Crippen molar-refractivity contribution >= 4 is 0 Å². The highest BCUT2D eigenvalue weighted by Crippen LogP contribution is 1.96. The molecule has 0 saturated heterocycles. The van der Waals surface area contributed by atoms with Crippen LogP contribution in [0.3, 0.4) is 0 Å². The number of nitrogens with one attached hydrogen (secondary N) is 1. The molecule has 0 bridgehead atoms. The van der Waals surface area contributed by atoms with E-state index in [1.807, 2.05) is 0 Å². The molecule has 0 saturated carbocycles. The van der Waals surface area contributed by atoms with E-state index >= 15 is 0 Å². The third kappa shape index (κ3) is 5.20. The molecule has 0 fully saturated rings. The Balaban J connectivity index is 0.00000169. The van der Waals surface area contributed by atoms with Crippen LogP contribution in [-0.4, -0.2) is 24.7 Å². The van der Waals surface area contributed by atoms with Crippen LogP contribution in [0.5, 0.6) is 0 Å². The van der Waals surface area contributed by atoms with Crippen LogP contribution in [0.15, 0.2) is 12.4 Å². The second kappa shape index (κ2) is 8.53. The highest BCUT2D eigenvalue weighted by Gasteiger charge is 2.14. The van der Waals surface area contributed by atoms with Gasteiger partial charge in [-0.25, -0.2) is 0 Å². The number of quaternary nitrogens is 1. The topological polar surface area (TPSA) is 7.68 Å². The Hall–Kier alpha value is 0.230. The zero-order valence-electron chi connectivity index (χ0n) is 9.43. The first-order valence-electron chi connectivity index (χ1n) is 5.63. The highest BCUT2D eigenvalue weighted by molar-refractivity contribution is 4.77. The standard InChI is InChI=1S/C11H22N2.HI/c1-3-5-7-12-9-10-13(11-12)8-6-4-2;/h9-10H,3-8,11H2,1-2H3;1H. The smallest absolute Gasteiger partial charge is 0.156 e. The normalized spacial score (nSPS) is 19.9. The molecule has 0 aromatic heterocycles. The SMILES string of the molecule is CCCCN1C=C[NH+](CCCC)C1.[I-]. The number of halogens is 1. The first-order chi connectivity index (χ1) is 6.36. The third-order valence-electron chi connectivity index (χ3n) is 2.58. The Bertz CT molecular complexity index is 143. The molecule has 1 N–H and O–H groups in total. The van der Waals surface area contributed by atoms with Gasteiger partial charge >= 0.3 is 0 Å². The summed E-state index contributed by atoms with van der Waals surface area (Å²) in [5, 5.41) is 0. The van der Waals surface area contributed by atoms with Crippen molar-refractivity contribution in [2.45, 2.75) is 39.5 Å². The van der Waals surface area contributed by atoms with Crippen LogP contribution < -0.4 is 28.9 Å². The van der Waals surface area contributed by atoms with E-state index in [2.05, 4.69) is 31.1 Å². The fourth-order valence-electron chi connectivity index (χ4n) is 1.66. The summed E-state index contributed by atoms with van der Waals surface area (Å²) < 4.78 is 0. The quantitative estimate of drug-likeness (QED) is 0.570. The van der Waals surface area contributed by atoms with E-state index in [4.69, 9.17) is 0 Å². The molecule has 0 aromatic rings. The predicted octanol–water partition coefficient (Wildman–Crippen LogP) is -1.78. The summed E-state index contributed by atoms with van der Waals surface area (Å²) in [6, 6.07) is 0. The largest absolute Gasteiger partial charge is 1.00 e. The van der Waals surface area contributed by atoms with Gasteiger partial charge in [-0.15, -0.1) is 0 Å². The maximum Gasteiger partial charge on any atom is 0.156 e. The Labute approximate surface area is 105 Å². The van der Waals surface area contributed by atoms with Gasteiger partial charge in [0.15, 0.2) is 6.67 Å². The summed E-state index contributed by atoms with van der Waals surface area (Å²) in [7, 11) is 0. The molecule has 0 aromatic carbocycles. The molecule has 1 rings (SSSR count). The van der Waals surface area contributed by atoms with Gasteiger partial charge in [0.25, 0.3) is 0 Å². The van der Waals surface area contributed by atoms with Gasteiger partial charge in [-0.1, -0.05) is 26.7 Å². The Morgan fingerprint density at radius 2 is 1.93 bits per heavy atom. The van der Waals surface area contributed by atoms with Crippen molar-refractivity contribution in [3.63, 3.8) is 0 Å². The van der Waals surface area contributed by atoms with Crippen molar-refractivity contribution in [1.82, 2.24) is 4.90 Å². The van der Waals surface area contributed by atoms with Gasteiger partial charge in [-0.3, -0.25) is 4.90 Å². The highest BCUT2D eigenvalue weighted by atomic mass is 127. The van der Waals surface area contributed by atoms with Crippen molar-refractivity contribution in [1.29, 1.82) is 0 Å². The van der Waals surface area contributed by atoms with E-state index in [0.717, 1.165) is 0 Å². The molecular weight excluding hydrogens is 287 g/mol. The lowest BCUT2D eigenvalue weighted by Crippen LogP contribution is -3.07. The molecule has 0 aliphatic carbocycles. The van der Waals surface area contributed by atoms with Crippen LogP contribution in [-0.2, 0) is 0 Å². The predicted molar refractivity (Wildman–Crippen MR) is 56.4 cm³/mol. The van der Waals surface area contributed by atoms with Crippen molar-refractivity contribution in [3.05, 3.63) is 12.4 Å². The van der Waals surface area contributed by atoms with Gasteiger partial charge in [0.05, 0.1) is 12.7 Å². The molecule has 84 valence electrons. The average Bonchev–Trinajstić information content (AvgIpc) is 2.59. The molecule has 1 heterocycles. The van der Waals surface area contributed by atoms with Gasteiger partial charge in [0.2, 0.25) is 0 Å². The summed E-state index contributed by atoms with van der Waals surface area (Å²) in [5.74, 6) is 0. The second-order valence-electron chi connectivity index (χ2n) is 3.90. The van der Waals surface area contributed by atoms with Crippen LogP contribution in [0.2, 0.25) is 0 Å². The molecule has 14 heavy (non-hydrogen) atoms. The molecule has 3 heteroatoms. The van der Waals surface area contributed by atoms with Crippen LogP contribution in [0.4, 0.5) is 0 Å². The second-order valence-corrected chi connectivity index (χ2v) is 3.90. The van der Waals surface area contributed by atoms with E-state index < -0.39 is 0 Å². The molecule has 0 spiro atoms. The van der Waals surface area contributed by atoms with Crippen molar-refractivity contribution in [2.75, 3.05) is 19.8 Å². The minimum absolute atomic E-state index is 0. The van der Waals surface area contributed by atoms with Crippen LogP contribution in [0.25, 0.3) is 0 Å². The molecule has 1 aliphatic rings. The lowest BCUT2D eigenvalue weighted by atomic mass is 10.3. The molecular formula is C11H23IN2. The first-order valence-corrected chi connectivity index (χ1v) is 5.63. The average molecular weight is 310 g/mol. The van der Waals surface area contributed by atoms with Crippen molar-refractivity contribution in [3.8, 4) is 0 Å². The van der Waals surface area contributed by atoms with Gasteiger partial charge in [0.1, 0.15) is 6.20 Å². The number of rotatable bonds is 6. The maximum absolute atomic E-state index is 2.44. The van der Waals surface area contributed by atoms with E-state index in [1.54, 1.807) is 4.90 Å². The molecule has 2 nitrogen and oxygen atoms in total. The zero-order chi connectivity index (χ0) is 9.52. The van der Waals surface area contributed by atoms with Crippen molar-refractivity contribution in [2.24, 2.45) is 0 Å². The van der Waals surface area contributed by atoms with Gasteiger partial charge in [-0.05, 0) is 12.8 Å². The number of unbranched alkanes of at least 4 members (excludes halogenated alkanes) is 2. The Kier molecular flexibility index (Phi) is 8.67. The lowest BCUT2D eigenvalue weighted by Gasteiger charge is -2.16. The van der Waals surface area contributed by atoms with Crippen LogP contribution in [0, 0.1) is 0 Å². The fraction of sp³-hybridized carbons (Fsp3) is 0.818.